The molecule has 0 atom stereocenters. The van der Waals surface area contributed by atoms with E-state index < -0.39 is 0 Å². The molecule has 1 heterocycles. The maximum atomic E-state index is 5.87. The van der Waals surface area contributed by atoms with Gasteiger partial charge in [-0.3, -0.25) is 0 Å². The molecule has 124 valence electrons. The van der Waals surface area contributed by atoms with Crippen molar-refractivity contribution in [3.05, 3.63) is 29.3 Å². The Morgan fingerprint density at radius 2 is 1.91 bits per heavy atom. The van der Waals surface area contributed by atoms with Gasteiger partial charge < -0.3 is 19.1 Å². The number of hydrogen-bond acceptors (Lipinski definition) is 3. The van der Waals surface area contributed by atoms with E-state index in [4.69, 9.17) is 14.2 Å². The topological polar surface area (TPSA) is 32.1 Å². The van der Waals surface area contributed by atoms with Crippen molar-refractivity contribution < 1.29 is 19.1 Å². The van der Waals surface area contributed by atoms with Crippen LogP contribution >= 0.6 is 0 Å². The lowest BCUT2D eigenvalue weighted by molar-refractivity contribution is -0.908. The van der Waals surface area contributed by atoms with Gasteiger partial charge in [0, 0.05) is 0 Å². The Morgan fingerprint density at radius 1 is 1.14 bits per heavy atom. The third-order valence-electron chi connectivity index (χ3n) is 4.16. The zero-order valence-electron chi connectivity index (χ0n) is 14.2. The van der Waals surface area contributed by atoms with Crippen LogP contribution in [0, 0.1) is 6.92 Å². The number of nitrogens with one attached hydrogen (secondary N) is 1. The van der Waals surface area contributed by atoms with Gasteiger partial charge in [0.25, 0.3) is 0 Å². The normalized spacial score (nSPS) is 16.2. The second-order valence-corrected chi connectivity index (χ2v) is 6.25. The number of aryl methyl sites for hydroxylation is 1. The summed E-state index contributed by atoms with van der Waals surface area (Å²) in [4.78, 5) is 1.58. The van der Waals surface area contributed by atoms with Crippen molar-refractivity contribution >= 4 is 0 Å². The molecule has 0 unspecified atom stereocenters. The average Bonchev–Trinajstić information content (AvgIpc) is 2.53. The molecule has 0 radical (unpaired) electrons. The highest BCUT2D eigenvalue weighted by Gasteiger charge is 2.12. The first-order chi connectivity index (χ1) is 10.7. The lowest BCUT2D eigenvalue weighted by Crippen LogP contribution is -3.14. The Labute approximate surface area is 134 Å². The van der Waals surface area contributed by atoms with Gasteiger partial charge in [-0.05, 0) is 30.0 Å². The molecule has 0 aliphatic carbocycles. The van der Waals surface area contributed by atoms with Crippen LogP contribution in [0.5, 0.6) is 5.75 Å². The number of quaternary nitrogens is 1. The van der Waals surface area contributed by atoms with Crippen LogP contribution < -0.4 is 9.64 Å². The Hall–Kier alpha value is -1.10. The number of benzene rings is 1. The molecular weight excluding hydrogens is 278 g/mol. The summed E-state index contributed by atoms with van der Waals surface area (Å²) in [5.41, 5.74) is 2.50. The summed E-state index contributed by atoms with van der Waals surface area (Å²) in [6.45, 7) is 13.6. The predicted octanol–water partition coefficient (Wildman–Crippen LogP) is 1.43. The average molecular weight is 308 g/mol. The van der Waals surface area contributed by atoms with Gasteiger partial charge in [-0.2, -0.15) is 0 Å². The van der Waals surface area contributed by atoms with Crippen LogP contribution in [0.3, 0.4) is 0 Å². The molecule has 1 saturated heterocycles. The molecular formula is C18H30NO3+. The van der Waals surface area contributed by atoms with Gasteiger partial charge in [-0.15, -0.1) is 0 Å². The first-order valence-electron chi connectivity index (χ1n) is 8.39. The Morgan fingerprint density at radius 3 is 2.64 bits per heavy atom. The molecule has 4 heteroatoms. The second kappa shape index (κ2) is 9.13. The molecule has 1 fully saturated rings. The zero-order valence-corrected chi connectivity index (χ0v) is 14.2. The fourth-order valence-electron chi connectivity index (χ4n) is 2.57. The molecule has 4 nitrogen and oxygen atoms in total. The summed E-state index contributed by atoms with van der Waals surface area (Å²) in [5.74, 6) is 1.50. The maximum Gasteiger partial charge on any atom is 0.122 e. The molecule has 1 aromatic rings. The summed E-state index contributed by atoms with van der Waals surface area (Å²) in [7, 11) is 0. The van der Waals surface area contributed by atoms with E-state index in [1.807, 2.05) is 0 Å². The van der Waals surface area contributed by atoms with Gasteiger partial charge in [0.2, 0.25) is 0 Å². The van der Waals surface area contributed by atoms with Crippen LogP contribution in [-0.4, -0.2) is 52.7 Å². The van der Waals surface area contributed by atoms with Gasteiger partial charge in [0.15, 0.2) is 0 Å². The van der Waals surface area contributed by atoms with Gasteiger partial charge in [0.1, 0.15) is 32.0 Å². The first-order valence-corrected chi connectivity index (χ1v) is 8.39. The van der Waals surface area contributed by atoms with Crippen LogP contribution in [0.25, 0.3) is 0 Å². The van der Waals surface area contributed by atoms with E-state index in [0.29, 0.717) is 19.1 Å². The fraction of sp³-hybridized carbons (Fsp3) is 0.667. The van der Waals surface area contributed by atoms with E-state index in [-0.39, 0.29) is 0 Å². The molecule has 1 aromatic carbocycles. The monoisotopic (exact) mass is 308 g/mol. The highest BCUT2D eigenvalue weighted by Crippen LogP contribution is 2.24. The van der Waals surface area contributed by atoms with E-state index in [2.05, 4.69) is 39.0 Å². The van der Waals surface area contributed by atoms with Crippen LogP contribution in [0.15, 0.2) is 18.2 Å². The number of ether oxygens (including phenoxy) is 3. The Kier molecular flexibility index (Phi) is 7.16. The summed E-state index contributed by atoms with van der Waals surface area (Å²) in [6.07, 6.45) is 0. The standard InChI is InChI=1S/C18H29NO3/c1-15(2)17-5-4-16(3)18(14-17)22-13-12-21-11-8-19-6-9-20-10-7-19/h4-5,14-15H,6-13H2,1-3H3/p+1. The zero-order chi connectivity index (χ0) is 15.8. The molecule has 0 aromatic heterocycles. The van der Waals surface area contributed by atoms with Gasteiger partial charge in [-0.1, -0.05) is 26.0 Å². The first kappa shape index (κ1) is 17.3. The van der Waals surface area contributed by atoms with Crippen molar-refractivity contribution in [1.82, 2.24) is 0 Å². The molecule has 22 heavy (non-hydrogen) atoms. The highest BCUT2D eigenvalue weighted by atomic mass is 16.5. The summed E-state index contributed by atoms with van der Waals surface area (Å²) in [5, 5.41) is 0. The minimum absolute atomic E-state index is 0.524. The number of rotatable bonds is 8. The van der Waals surface area contributed by atoms with E-state index >= 15 is 0 Å². The maximum absolute atomic E-state index is 5.87. The molecule has 0 spiro atoms. The van der Waals surface area contributed by atoms with Gasteiger partial charge in [-0.25, -0.2) is 0 Å². The lowest BCUT2D eigenvalue weighted by Gasteiger charge is -2.23. The smallest absolute Gasteiger partial charge is 0.122 e. The van der Waals surface area contributed by atoms with E-state index in [9.17, 15) is 0 Å². The van der Waals surface area contributed by atoms with Crippen molar-refractivity contribution in [2.24, 2.45) is 0 Å². The molecule has 0 saturated carbocycles. The molecule has 1 aliphatic rings. The third-order valence-corrected chi connectivity index (χ3v) is 4.16. The van der Waals surface area contributed by atoms with Crippen molar-refractivity contribution in [3.8, 4) is 5.75 Å². The highest BCUT2D eigenvalue weighted by molar-refractivity contribution is 5.37. The SMILES string of the molecule is Cc1ccc(C(C)C)cc1OCCOCC[NH+]1CCOCC1. The second-order valence-electron chi connectivity index (χ2n) is 6.25. The van der Waals surface area contributed by atoms with Gasteiger partial charge in [0.05, 0.1) is 26.4 Å². The van der Waals surface area contributed by atoms with E-state index in [0.717, 1.165) is 45.2 Å². The van der Waals surface area contributed by atoms with Crippen LogP contribution in [0.4, 0.5) is 0 Å². The summed E-state index contributed by atoms with van der Waals surface area (Å²) in [6, 6.07) is 6.46. The molecule has 0 amide bonds. The van der Waals surface area contributed by atoms with Crippen LogP contribution in [0.1, 0.15) is 30.9 Å². The van der Waals surface area contributed by atoms with Crippen molar-refractivity contribution in [2.45, 2.75) is 26.7 Å². The largest absolute Gasteiger partial charge is 0.491 e. The quantitative estimate of drug-likeness (QED) is 0.737. The Balaban J connectivity index is 1.63. The fourth-order valence-corrected chi connectivity index (χ4v) is 2.57. The molecule has 1 N–H and O–H groups in total. The third kappa shape index (κ3) is 5.59. The van der Waals surface area contributed by atoms with Crippen LogP contribution in [0.2, 0.25) is 0 Å². The van der Waals surface area contributed by atoms with Crippen molar-refractivity contribution in [3.63, 3.8) is 0 Å². The minimum atomic E-state index is 0.524. The minimum Gasteiger partial charge on any atom is -0.491 e. The van der Waals surface area contributed by atoms with Gasteiger partial charge >= 0.3 is 0 Å². The summed E-state index contributed by atoms with van der Waals surface area (Å²) >= 11 is 0. The lowest BCUT2D eigenvalue weighted by atomic mass is 10.0. The van der Waals surface area contributed by atoms with Crippen LogP contribution in [-0.2, 0) is 9.47 Å². The van der Waals surface area contributed by atoms with E-state index in [1.165, 1.54) is 11.1 Å². The molecule has 1 aliphatic heterocycles. The van der Waals surface area contributed by atoms with E-state index in [1.54, 1.807) is 4.90 Å². The number of hydrogen-bond donors (Lipinski definition) is 1. The Bertz CT molecular complexity index is 442. The number of morpholine rings is 1. The summed E-state index contributed by atoms with van der Waals surface area (Å²) < 4.78 is 16.9. The molecule has 0 bridgehead atoms. The van der Waals surface area contributed by atoms with Crippen molar-refractivity contribution in [1.29, 1.82) is 0 Å². The predicted molar refractivity (Wildman–Crippen MR) is 88.0 cm³/mol. The van der Waals surface area contributed by atoms with Crippen molar-refractivity contribution in [2.75, 3.05) is 52.7 Å². The molecule has 2 rings (SSSR count).